The number of imidazole rings is 2. The number of rotatable bonds is 8. The second-order valence-electron chi connectivity index (χ2n) is 9.50. The molecular weight excluding hydrogens is 448 g/mol. The molecule has 1 aliphatic carbocycles. The molecule has 1 N–H and O–H groups in total. The average molecular weight is 477 g/mol. The van der Waals surface area contributed by atoms with Gasteiger partial charge in [-0.3, -0.25) is 0 Å². The van der Waals surface area contributed by atoms with Crippen LogP contribution in [0.5, 0.6) is 0 Å². The quantitative estimate of drug-likeness (QED) is 0.274. The minimum atomic E-state index is -0.915. The van der Waals surface area contributed by atoms with Crippen molar-refractivity contribution in [3.63, 3.8) is 0 Å². The normalized spacial score (nSPS) is 13.4. The summed E-state index contributed by atoms with van der Waals surface area (Å²) < 4.78 is 4.61. The summed E-state index contributed by atoms with van der Waals surface area (Å²) in [4.78, 5) is 21.3. The van der Waals surface area contributed by atoms with Crippen molar-refractivity contribution in [1.29, 1.82) is 0 Å². The van der Waals surface area contributed by atoms with Crippen molar-refractivity contribution in [1.82, 2.24) is 19.1 Å². The first-order valence-electron chi connectivity index (χ1n) is 12.6. The third-order valence-corrected chi connectivity index (χ3v) is 6.93. The van der Waals surface area contributed by atoms with Crippen LogP contribution < -0.4 is 0 Å². The molecule has 0 atom stereocenters. The molecule has 5 aromatic rings. The van der Waals surface area contributed by atoms with Crippen molar-refractivity contribution in [2.75, 3.05) is 0 Å². The fraction of sp³-hybridized carbons (Fsp3) is 0.233. The maximum Gasteiger partial charge on any atom is 0.336 e. The Morgan fingerprint density at radius 2 is 1.81 bits per heavy atom. The molecular formula is C30H28N4O2. The van der Waals surface area contributed by atoms with E-state index in [0.717, 1.165) is 57.8 Å². The first-order valence-corrected chi connectivity index (χ1v) is 12.6. The van der Waals surface area contributed by atoms with E-state index in [1.54, 1.807) is 12.1 Å². The molecule has 1 aliphatic rings. The summed E-state index contributed by atoms with van der Waals surface area (Å²) in [5.41, 5.74) is 6.31. The van der Waals surface area contributed by atoms with Crippen LogP contribution in [0.15, 0.2) is 79.1 Å². The Labute approximate surface area is 209 Å². The van der Waals surface area contributed by atoms with Crippen LogP contribution in [0.2, 0.25) is 0 Å². The van der Waals surface area contributed by atoms with E-state index in [1.165, 1.54) is 12.8 Å². The van der Waals surface area contributed by atoms with Gasteiger partial charge in [-0.05, 0) is 60.2 Å². The number of hydrogen-bond acceptors (Lipinski definition) is 3. The molecule has 0 saturated heterocycles. The number of hydrogen-bond donors (Lipinski definition) is 1. The summed E-state index contributed by atoms with van der Waals surface area (Å²) in [6, 6.07) is 22.3. The number of carboxylic acids is 1. The van der Waals surface area contributed by atoms with Gasteiger partial charge < -0.3 is 14.2 Å². The van der Waals surface area contributed by atoms with Gasteiger partial charge >= 0.3 is 5.97 Å². The third kappa shape index (κ3) is 4.09. The van der Waals surface area contributed by atoms with Gasteiger partial charge in [0.2, 0.25) is 0 Å². The van der Waals surface area contributed by atoms with E-state index in [9.17, 15) is 9.90 Å². The Bertz CT molecular complexity index is 1560. The Balaban J connectivity index is 1.36. The lowest BCUT2D eigenvalue weighted by molar-refractivity contribution is 0.0697. The standard InChI is InChI=1S/C30H28N4O2/c1-2-5-28-32-26-15-12-22(29-31-16-17-33(29)23-13-14-23)18-27(26)34(28)19-20-8-10-21(11-9-20)24-6-3-4-7-25(24)30(35)36/h3-4,6-12,15-18,23H,2,5,13-14,19H2,1H3,(H,35,36). The zero-order valence-corrected chi connectivity index (χ0v) is 20.3. The summed E-state index contributed by atoms with van der Waals surface area (Å²) in [6.07, 6.45) is 8.34. The fourth-order valence-electron chi connectivity index (χ4n) is 4.98. The van der Waals surface area contributed by atoms with E-state index >= 15 is 0 Å². The van der Waals surface area contributed by atoms with Gasteiger partial charge in [0.1, 0.15) is 11.6 Å². The van der Waals surface area contributed by atoms with Gasteiger partial charge in [0.15, 0.2) is 0 Å². The molecule has 6 nitrogen and oxygen atoms in total. The Hall–Kier alpha value is -4.19. The maximum atomic E-state index is 11.7. The number of aromatic carboxylic acids is 1. The molecule has 0 unspecified atom stereocenters. The fourth-order valence-corrected chi connectivity index (χ4v) is 4.98. The summed E-state index contributed by atoms with van der Waals surface area (Å²) >= 11 is 0. The second kappa shape index (κ2) is 9.11. The molecule has 0 amide bonds. The number of carbonyl (C=O) groups is 1. The first-order chi connectivity index (χ1) is 17.6. The molecule has 0 radical (unpaired) electrons. The minimum absolute atomic E-state index is 0.313. The van der Waals surface area contributed by atoms with Gasteiger partial charge in [-0.15, -0.1) is 0 Å². The topological polar surface area (TPSA) is 72.9 Å². The Morgan fingerprint density at radius 3 is 2.56 bits per heavy atom. The summed E-state index contributed by atoms with van der Waals surface area (Å²) in [5.74, 6) is 1.18. The van der Waals surface area contributed by atoms with E-state index in [2.05, 4.69) is 57.6 Å². The lowest BCUT2D eigenvalue weighted by atomic mass is 9.99. The number of benzene rings is 3. The molecule has 0 aliphatic heterocycles. The maximum absolute atomic E-state index is 11.7. The minimum Gasteiger partial charge on any atom is -0.478 e. The van der Waals surface area contributed by atoms with E-state index in [-0.39, 0.29) is 0 Å². The van der Waals surface area contributed by atoms with E-state index in [4.69, 9.17) is 4.98 Å². The van der Waals surface area contributed by atoms with Crippen LogP contribution in [-0.2, 0) is 13.0 Å². The van der Waals surface area contributed by atoms with Gasteiger partial charge in [0, 0.05) is 37.0 Å². The average Bonchev–Trinajstić information content (AvgIpc) is 3.53. The predicted molar refractivity (Wildman–Crippen MR) is 141 cm³/mol. The van der Waals surface area contributed by atoms with Crippen LogP contribution in [0, 0.1) is 0 Å². The molecule has 0 spiro atoms. The number of carboxylic acid groups (broad SMARTS) is 1. The largest absolute Gasteiger partial charge is 0.478 e. The molecule has 180 valence electrons. The third-order valence-electron chi connectivity index (χ3n) is 6.93. The summed E-state index contributed by atoms with van der Waals surface area (Å²) in [7, 11) is 0. The predicted octanol–water partition coefficient (Wildman–Crippen LogP) is 6.60. The summed E-state index contributed by atoms with van der Waals surface area (Å²) in [5, 5.41) is 9.56. The van der Waals surface area contributed by atoms with Gasteiger partial charge in [-0.2, -0.15) is 0 Å². The van der Waals surface area contributed by atoms with Crippen LogP contribution in [0.3, 0.4) is 0 Å². The number of nitrogens with zero attached hydrogens (tertiary/aromatic N) is 4. The zero-order valence-electron chi connectivity index (χ0n) is 20.3. The lowest BCUT2D eigenvalue weighted by Gasteiger charge is -2.12. The van der Waals surface area contributed by atoms with E-state index in [1.807, 2.05) is 30.5 Å². The van der Waals surface area contributed by atoms with Gasteiger partial charge in [-0.1, -0.05) is 49.4 Å². The highest BCUT2D eigenvalue weighted by Gasteiger charge is 2.26. The molecule has 1 fully saturated rings. The van der Waals surface area contributed by atoms with E-state index < -0.39 is 5.97 Å². The second-order valence-corrected chi connectivity index (χ2v) is 9.50. The molecule has 0 bridgehead atoms. The smallest absolute Gasteiger partial charge is 0.336 e. The van der Waals surface area contributed by atoms with Gasteiger partial charge in [-0.25, -0.2) is 14.8 Å². The van der Waals surface area contributed by atoms with Crippen molar-refractivity contribution in [3.05, 3.63) is 96.1 Å². The van der Waals surface area contributed by atoms with Crippen LogP contribution in [0.1, 0.15) is 54.0 Å². The van der Waals surface area contributed by atoms with Gasteiger partial charge in [0.25, 0.3) is 0 Å². The highest BCUT2D eigenvalue weighted by molar-refractivity contribution is 5.96. The Kier molecular flexibility index (Phi) is 5.64. The molecule has 6 heteroatoms. The molecule has 2 aromatic heterocycles. The van der Waals surface area contributed by atoms with E-state index in [0.29, 0.717) is 18.2 Å². The van der Waals surface area contributed by atoms with Crippen molar-refractivity contribution < 1.29 is 9.90 Å². The lowest BCUT2D eigenvalue weighted by Crippen LogP contribution is -2.05. The highest BCUT2D eigenvalue weighted by Crippen LogP contribution is 2.38. The van der Waals surface area contributed by atoms with Crippen molar-refractivity contribution in [2.45, 2.75) is 45.2 Å². The molecule has 6 rings (SSSR count). The first kappa shape index (κ1) is 22.3. The molecule has 3 aromatic carbocycles. The molecule has 1 saturated carbocycles. The number of aryl methyl sites for hydroxylation is 1. The van der Waals surface area contributed by atoms with Crippen molar-refractivity contribution in [3.8, 4) is 22.5 Å². The van der Waals surface area contributed by atoms with Gasteiger partial charge in [0.05, 0.1) is 16.6 Å². The number of aromatic nitrogens is 4. The number of fused-ring (bicyclic) bond motifs is 1. The highest BCUT2D eigenvalue weighted by atomic mass is 16.4. The summed E-state index contributed by atoms with van der Waals surface area (Å²) in [6.45, 7) is 2.88. The SMILES string of the molecule is CCCc1nc2ccc(-c3nccn3C3CC3)cc2n1Cc1ccc(-c2ccccc2C(=O)O)cc1. The monoisotopic (exact) mass is 476 g/mol. The van der Waals surface area contributed by atoms with Crippen LogP contribution in [0.4, 0.5) is 0 Å². The molecule has 2 heterocycles. The zero-order chi connectivity index (χ0) is 24.6. The van der Waals surface area contributed by atoms with Crippen LogP contribution >= 0.6 is 0 Å². The van der Waals surface area contributed by atoms with Crippen molar-refractivity contribution >= 4 is 17.0 Å². The molecule has 36 heavy (non-hydrogen) atoms. The van der Waals surface area contributed by atoms with Crippen LogP contribution in [0.25, 0.3) is 33.5 Å². The van der Waals surface area contributed by atoms with Crippen molar-refractivity contribution in [2.24, 2.45) is 0 Å². The van der Waals surface area contributed by atoms with Crippen LogP contribution in [-0.4, -0.2) is 30.2 Å². The Morgan fingerprint density at radius 1 is 1.03 bits per heavy atom.